The van der Waals surface area contributed by atoms with E-state index in [4.69, 9.17) is 0 Å². The normalized spacial score (nSPS) is 21.7. The van der Waals surface area contributed by atoms with Crippen LogP contribution in [0.25, 0.3) is 0 Å². The minimum atomic E-state index is -0.218. The van der Waals surface area contributed by atoms with E-state index in [9.17, 15) is 14.4 Å². The number of rotatable bonds is 4. The molecule has 0 radical (unpaired) electrons. The van der Waals surface area contributed by atoms with E-state index in [0.717, 1.165) is 57.2 Å². The Hall–Kier alpha value is -2.57. The number of nitrogens with one attached hydrogen (secondary N) is 1. The molecule has 0 bridgehead atoms. The molecule has 0 spiro atoms. The van der Waals surface area contributed by atoms with Gasteiger partial charge in [-0.2, -0.15) is 0 Å². The Labute approximate surface area is 178 Å². The van der Waals surface area contributed by atoms with Gasteiger partial charge in [0.25, 0.3) is 5.91 Å². The van der Waals surface area contributed by atoms with Crippen LogP contribution in [0.3, 0.4) is 0 Å². The molecule has 0 aromatic heterocycles. The monoisotopic (exact) mass is 412 g/mol. The first-order chi connectivity index (χ1) is 14.5. The van der Waals surface area contributed by atoms with E-state index >= 15 is 0 Å². The number of anilines is 2. The molecule has 7 nitrogen and oxygen atoms in total. The standard InChI is InChI=1S/C23H32N4O3/c1-25(2)22(29)16-11-12-18-20(14-16)27(23(30)19-10-6-7-13-26(18)19)15-21(28)24-17-8-4-3-5-9-17/h11-12,14,17,19H,3-10,13,15H2,1-2H3,(H,24,28)/t19-/m0/s1. The molecule has 1 atom stereocenters. The lowest BCUT2D eigenvalue weighted by Gasteiger charge is -2.45. The summed E-state index contributed by atoms with van der Waals surface area (Å²) in [4.78, 5) is 44.0. The Kier molecular flexibility index (Phi) is 5.97. The molecule has 4 rings (SSSR count). The van der Waals surface area contributed by atoms with Gasteiger partial charge in [-0.15, -0.1) is 0 Å². The van der Waals surface area contributed by atoms with Gasteiger partial charge in [-0.05, 0) is 50.3 Å². The van der Waals surface area contributed by atoms with Crippen molar-refractivity contribution < 1.29 is 14.4 Å². The van der Waals surface area contributed by atoms with E-state index in [0.29, 0.717) is 11.3 Å². The predicted octanol–water partition coefficient (Wildman–Crippen LogP) is 2.54. The first kappa shape index (κ1) is 20.7. The van der Waals surface area contributed by atoms with Crippen LogP contribution in [-0.2, 0) is 9.59 Å². The summed E-state index contributed by atoms with van der Waals surface area (Å²) < 4.78 is 0. The van der Waals surface area contributed by atoms with Crippen LogP contribution in [0.2, 0.25) is 0 Å². The third-order valence-corrected chi connectivity index (χ3v) is 6.55. The zero-order valence-electron chi connectivity index (χ0n) is 18.0. The van der Waals surface area contributed by atoms with Crippen molar-refractivity contribution in [2.75, 3.05) is 37.0 Å². The van der Waals surface area contributed by atoms with Crippen molar-refractivity contribution in [3.63, 3.8) is 0 Å². The number of amides is 3. The average molecular weight is 413 g/mol. The molecule has 30 heavy (non-hydrogen) atoms. The van der Waals surface area contributed by atoms with Crippen LogP contribution in [-0.4, -0.2) is 61.9 Å². The summed E-state index contributed by atoms with van der Waals surface area (Å²) in [6.45, 7) is 0.832. The van der Waals surface area contributed by atoms with Gasteiger partial charge in [0, 0.05) is 32.2 Å². The first-order valence-corrected chi connectivity index (χ1v) is 11.2. The molecule has 1 aromatic carbocycles. The van der Waals surface area contributed by atoms with E-state index in [1.807, 2.05) is 12.1 Å². The van der Waals surface area contributed by atoms with Gasteiger partial charge < -0.3 is 15.1 Å². The van der Waals surface area contributed by atoms with Crippen molar-refractivity contribution in [2.45, 2.75) is 63.5 Å². The lowest BCUT2D eigenvalue weighted by Crippen LogP contribution is -2.57. The predicted molar refractivity (Wildman–Crippen MR) is 117 cm³/mol. The van der Waals surface area contributed by atoms with E-state index in [1.165, 1.54) is 11.3 Å². The summed E-state index contributed by atoms with van der Waals surface area (Å²) in [5.41, 5.74) is 2.14. The molecule has 0 unspecified atom stereocenters. The average Bonchev–Trinajstić information content (AvgIpc) is 2.76. The summed E-state index contributed by atoms with van der Waals surface area (Å²) in [6.07, 6.45) is 8.39. The number of hydrogen-bond donors (Lipinski definition) is 1. The smallest absolute Gasteiger partial charge is 0.253 e. The summed E-state index contributed by atoms with van der Waals surface area (Å²) in [5, 5.41) is 3.12. The van der Waals surface area contributed by atoms with Gasteiger partial charge >= 0.3 is 0 Å². The van der Waals surface area contributed by atoms with Crippen LogP contribution < -0.4 is 15.1 Å². The summed E-state index contributed by atoms with van der Waals surface area (Å²) in [6, 6.07) is 5.52. The molecule has 1 aliphatic carbocycles. The molecule has 7 heteroatoms. The molecule has 1 saturated carbocycles. The summed E-state index contributed by atoms with van der Waals surface area (Å²) in [5.74, 6) is -0.261. The Balaban J connectivity index is 1.63. The molecule has 1 saturated heterocycles. The number of nitrogens with zero attached hydrogens (tertiary/aromatic N) is 3. The first-order valence-electron chi connectivity index (χ1n) is 11.2. The fourth-order valence-corrected chi connectivity index (χ4v) is 4.98. The lowest BCUT2D eigenvalue weighted by atomic mass is 9.94. The highest BCUT2D eigenvalue weighted by Crippen LogP contribution is 2.40. The Morgan fingerprint density at radius 2 is 1.77 bits per heavy atom. The molecule has 1 aromatic rings. The van der Waals surface area contributed by atoms with Crippen LogP contribution >= 0.6 is 0 Å². The molecular formula is C23H32N4O3. The van der Waals surface area contributed by atoms with Crippen molar-refractivity contribution in [1.82, 2.24) is 10.2 Å². The van der Waals surface area contributed by atoms with Gasteiger partial charge in [0.2, 0.25) is 11.8 Å². The third kappa shape index (κ3) is 4.02. The summed E-state index contributed by atoms with van der Waals surface area (Å²) >= 11 is 0. The minimum Gasteiger partial charge on any atom is -0.358 e. The molecule has 3 aliphatic rings. The zero-order chi connectivity index (χ0) is 21.3. The van der Waals surface area contributed by atoms with Crippen molar-refractivity contribution in [3.05, 3.63) is 23.8 Å². The van der Waals surface area contributed by atoms with Crippen molar-refractivity contribution >= 4 is 29.1 Å². The largest absolute Gasteiger partial charge is 0.358 e. The van der Waals surface area contributed by atoms with Crippen LogP contribution in [0.5, 0.6) is 0 Å². The topological polar surface area (TPSA) is 73.0 Å². The zero-order valence-corrected chi connectivity index (χ0v) is 18.0. The molecule has 2 heterocycles. The fraction of sp³-hybridized carbons (Fsp3) is 0.609. The Morgan fingerprint density at radius 3 is 2.50 bits per heavy atom. The highest BCUT2D eigenvalue weighted by atomic mass is 16.2. The molecule has 2 fully saturated rings. The number of carbonyl (C=O) groups is 3. The second-order valence-electron chi connectivity index (χ2n) is 8.93. The molecule has 2 aliphatic heterocycles. The SMILES string of the molecule is CN(C)C(=O)c1ccc2c(c1)N(CC(=O)NC1CCCCC1)C(=O)[C@@H]1CCCCN21. The van der Waals surface area contributed by atoms with Gasteiger partial charge in [-0.25, -0.2) is 0 Å². The third-order valence-electron chi connectivity index (χ3n) is 6.55. The van der Waals surface area contributed by atoms with Crippen molar-refractivity contribution in [1.29, 1.82) is 0 Å². The maximum Gasteiger partial charge on any atom is 0.253 e. The quantitative estimate of drug-likeness (QED) is 0.825. The number of benzene rings is 1. The van der Waals surface area contributed by atoms with E-state index in [1.54, 1.807) is 25.1 Å². The second kappa shape index (κ2) is 8.66. The van der Waals surface area contributed by atoms with Gasteiger partial charge in [0.1, 0.15) is 12.6 Å². The Bertz CT molecular complexity index is 832. The van der Waals surface area contributed by atoms with Crippen LogP contribution in [0.4, 0.5) is 11.4 Å². The number of carbonyl (C=O) groups excluding carboxylic acids is 3. The second-order valence-corrected chi connectivity index (χ2v) is 8.93. The van der Waals surface area contributed by atoms with Gasteiger partial charge in [0.15, 0.2) is 0 Å². The van der Waals surface area contributed by atoms with Gasteiger partial charge in [0.05, 0.1) is 11.4 Å². The number of piperidine rings is 1. The van der Waals surface area contributed by atoms with Crippen LogP contribution in [0, 0.1) is 0 Å². The van der Waals surface area contributed by atoms with Crippen molar-refractivity contribution in [3.8, 4) is 0 Å². The molecule has 3 amide bonds. The Morgan fingerprint density at radius 1 is 1.03 bits per heavy atom. The van der Waals surface area contributed by atoms with E-state index in [-0.39, 0.29) is 36.3 Å². The lowest BCUT2D eigenvalue weighted by molar-refractivity contribution is -0.125. The highest BCUT2D eigenvalue weighted by Gasteiger charge is 2.40. The molecule has 162 valence electrons. The van der Waals surface area contributed by atoms with E-state index in [2.05, 4.69) is 10.2 Å². The molecule has 1 N–H and O–H groups in total. The maximum absolute atomic E-state index is 13.4. The van der Waals surface area contributed by atoms with Gasteiger partial charge in [-0.3, -0.25) is 19.3 Å². The summed E-state index contributed by atoms with van der Waals surface area (Å²) in [7, 11) is 3.42. The van der Waals surface area contributed by atoms with Crippen LogP contribution in [0.1, 0.15) is 61.7 Å². The van der Waals surface area contributed by atoms with Crippen molar-refractivity contribution in [2.24, 2.45) is 0 Å². The van der Waals surface area contributed by atoms with E-state index < -0.39 is 0 Å². The van der Waals surface area contributed by atoms with Gasteiger partial charge in [-0.1, -0.05) is 19.3 Å². The number of fused-ring (bicyclic) bond motifs is 3. The minimum absolute atomic E-state index is 0.00623. The highest BCUT2D eigenvalue weighted by molar-refractivity contribution is 6.09. The fourth-order valence-electron chi connectivity index (χ4n) is 4.98. The van der Waals surface area contributed by atoms with Crippen LogP contribution in [0.15, 0.2) is 18.2 Å². The molecular weight excluding hydrogens is 380 g/mol. The maximum atomic E-state index is 13.4. The number of hydrogen-bond acceptors (Lipinski definition) is 4.